The summed E-state index contributed by atoms with van der Waals surface area (Å²) in [6.07, 6.45) is 0. The number of carbonyl (C=O) groups excluding carboxylic acids is 1. The van der Waals surface area contributed by atoms with Gasteiger partial charge in [0.05, 0.1) is 35.1 Å². The smallest absolute Gasteiger partial charge is 0.337 e. The average Bonchev–Trinajstić information content (AvgIpc) is 2.82. The van der Waals surface area contributed by atoms with Gasteiger partial charge in [0.2, 0.25) is 0 Å². The first kappa shape index (κ1) is 18.0. The van der Waals surface area contributed by atoms with Gasteiger partial charge >= 0.3 is 5.97 Å². The van der Waals surface area contributed by atoms with Crippen molar-refractivity contribution in [3.8, 4) is 22.5 Å². The van der Waals surface area contributed by atoms with E-state index in [1.165, 1.54) is 12.5 Å². The highest BCUT2D eigenvalue weighted by Crippen LogP contribution is 2.32. The minimum atomic E-state index is -0.391. The number of carbonyl (C=O) groups is 1. The molecule has 0 amide bonds. The van der Waals surface area contributed by atoms with Crippen LogP contribution >= 0.6 is 0 Å². The topological polar surface area (TPSA) is 52.1 Å². The second kappa shape index (κ2) is 7.41. The Morgan fingerprint density at radius 2 is 1.37 bits per heavy atom. The normalized spacial score (nSPS) is 11.0. The highest BCUT2D eigenvalue weighted by Gasteiger charge is 2.15. The van der Waals surface area contributed by atoms with Crippen molar-refractivity contribution in [3.63, 3.8) is 0 Å². The van der Waals surface area contributed by atoms with E-state index in [0.717, 1.165) is 33.4 Å². The minimum absolute atomic E-state index is 0.391. The molecule has 0 saturated carbocycles. The molecule has 0 unspecified atom stereocenters. The molecule has 0 atom stereocenters. The zero-order valence-corrected chi connectivity index (χ0v) is 16.4. The Kier molecular flexibility index (Phi) is 4.45. The Labute approximate surface area is 173 Å². The molecule has 5 rings (SSSR count). The second-order valence-corrected chi connectivity index (χ2v) is 7.04. The van der Waals surface area contributed by atoms with Crippen molar-refractivity contribution in [1.82, 2.24) is 9.97 Å². The number of benzene rings is 4. The Morgan fingerprint density at radius 1 is 0.667 bits per heavy atom. The van der Waals surface area contributed by atoms with Crippen LogP contribution in [0.1, 0.15) is 10.4 Å². The molecule has 0 aliphatic rings. The van der Waals surface area contributed by atoms with Crippen LogP contribution in [0.5, 0.6) is 0 Å². The Balaban J connectivity index is 1.78. The molecule has 4 heteroatoms. The minimum Gasteiger partial charge on any atom is -0.465 e. The summed E-state index contributed by atoms with van der Waals surface area (Å²) in [7, 11) is 1.37. The maximum atomic E-state index is 12.0. The fourth-order valence-corrected chi connectivity index (χ4v) is 3.63. The number of fused-ring (bicyclic) bond motifs is 2. The van der Waals surface area contributed by atoms with Crippen LogP contribution in [0.2, 0.25) is 0 Å². The summed E-state index contributed by atoms with van der Waals surface area (Å²) in [5.41, 5.74) is 5.39. The predicted octanol–water partition coefficient (Wildman–Crippen LogP) is 5.90. The number of nitrogens with zero attached hydrogens (tertiary/aromatic N) is 2. The molecule has 0 saturated heterocycles. The van der Waals surface area contributed by atoms with Gasteiger partial charge in [-0.05, 0) is 35.0 Å². The Bertz CT molecular complexity index is 1390. The van der Waals surface area contributed by atoms with Crippen LogP contribution in [0.25, 0.3) is 44.3 Å². The van der Waals surface area contributed by atoms with Gasteiger partial charge in [0, 0.05) is 11.1 Å². The number of hydrogen-bond acceptors (Lipinski definition) is 4. The van der Waals surface area contributed by atoms with Crippen LogP contribution in [-0.2, 0) is 4.74 Å². The summed E-state index contributed by atoms with van der Waals surface area (Å²) in [6.45, 7) is 0. The largest absolute Gasteiger partial charge is 0.465 e. The number of rotatable bonds is 3. The van der Waals surface area contributed by atoms with Crippen molar-refractivity contribution in [2.24, 2.45) is 0 Å². The van der Waals surface area contributed by atoms with Gasteiger partial charge < -0.3 is 4.74 Å². The molecule has 0 N–H and O–H groups in total. The van der Waals surface area contributed by atoms with E-state index in [2.05, 4.69) is 30.3 Å². The molecule has 30 heavy (non-hydrogen) atoms. The highest BCUT2D eigenvalue weighted by molar-refractivity contribution is 5.95. The monoisotopic (exact) mass is 390 g/mol. The fourth-order valence-electron chi connectivity index (χ4n) is 3.63. The first-order valence-electron chi connectivity index (χ1n) is 9.68. The molecule has 4 aromatic carbocycles. The molecule has 0 bridgehead atoms. The van der Waals surface area contributed by atoms with Gasteiger partial charge in [0.15, 0.2) is 0 Å². The third-order valence-electron chi connectivity index (χ3n) is 5.16. The molecular weight excluding hydrogens is 372 g/mol. The summed E-state index contributed by atoms with van der Waals surface area (Å²) in [6, 6.07) is 29.8. The number of esters is 1. The lowest BCUT2D eigenvalue weighted by molar-refractivity contribution is 0.0601. The van der Waals surface area contributed by atoms with E-state index in [1.807, 2.05) is 48.5 Å². The van der Waals surface area contributed by atoms with Gasteiger partial charge in [0.1, 0.15) is 0 Å². The summed E-state index contributed by atoms with van der Waals surface area (Å²) >= 11 is 0. The average molecular weight is 390 g/mol. The van der Waals surface area contributed by atoms with Gasteiger partial charge in [-0.15, -0.1) is 0 Å². The van der Waals surface area contributed by atoms with Crippen molar-refractivity contribution in [2.45, 2.75) is 0 Å². The molecule has 0 radical (unpaired) electrons. The van der Waals surface area contributed by atoms with E-state index >= 15 is 0 Å². The van der Waals surface area contributed by atoms with E-state index in [0.29, 0.717) is 11.1 Å². The highest BCUT2D eigenvalue weighted by atomic mass is 16.5. The quantitative estimate of drug-likeness (QED) is 0.360. The molecule has 1 heterocycles. The van der Waals surface area contributed by atoms with E-state index in [4.69, 9.17) is 14.7 Å². The predicted molar refractivity (Wildman–Crippen MR) is 119 cm³/mol. The van der Waals surface area contributed by atoms with Crippen LogP contribution < -0.4 is 0 Å². The lowest BCUT2D eigenvalue weighted by atomic mass is 10.0. The summed E-state index contributed by atoms with van der Waals surface area (Å²) in [5, 5.41) is 2.31. The van der Waals surface area contributed by atoms with Crippen LogP contribution in [0.4, 0.5) is 0 Å². The standard InChI is InChI=1S/C26H18N2O2/c1-30-26(29)21-13-14-22-23(16-21)28-25(24(27-22)18-8-3-2-4-9-18)20-12-11-17-7-5-6-10-19(17)15-20/h2-16H,1H3. The van der Waals surface area contributed by atoms with E-state index in [-0.39, 0.29) is 0 Å². The lowest BCUT2D eigenvalue weighted by Gasteiger charge is -2.12. The van der Waals surface area contributed by atoms with Gasteiger partial charge in [-0.2, -0.15) is 0 Å². The van der Waals surface area contributed by atoms with E-state index < -0.39 is 5.97 Å². The summed E-state index contributed by atoms with van der Waals surface area (Å²) in [5.74, 6) is -0.391. The maximum Gasteiger partial charge on any atom is 0.337 e. The summed E-state index contributed by atoms with van der Waals surface area (Å²) in [4.78, 5) is 21.8. The molecule has 0 aliphatic heterocycles. The van der Waals surface area contributed by atoms with Gasteiger partial charge in [-0.25, -0.2) is 14.8 Å². The number of methoxy groups -OCH3 is 1. The molecular formula is C26H18N2O2. The first-order valence-corrected chi connectivity index (χ1v) is 9.68. The molecule has 4 nitrogen and oxygen atoms in total. The van der Waals surface area contributed by atoms with E-state index in [9.17, 15) is 4.79 Å². The lowest BCUT2D eigenvalue weighted by Crippen LogP contribution is -2.02. The van der Waals surface area contributed by atoms with Gasteiger partial charge in [0.25, 0.3) is 0 Å². The fraction of sp³-hybridized carbons (Fsp3) is 0.0385. The van der Waals surface area contributed by atoms with Crippen LogP contribution in [0.15, 0.2) is 91.0 Å². The number of ether oxygens (including phenoxy) is 1. The van der Waals surface area contributed by atoms with Crippen molar-refractivity contribution < 1.29 is 9.53 Å². The Morgan fingerprint density at radius 3 is 2.17 bits per heavy atom. The SMILES string of the molecule is COC(=O)c1ccc2nc(-c3ccccc3)c(-c3ccc4ccccc4c3)nc2c1. The third-order valence-corrected chi connectivity index (χ3v) is 5.16. The third kappa shape index (κ3) is 3.18. The second-order valence-electron chi connectivity index (χ2n) is 7.04. The maximum absolute atomic E-state index is 12.0. The zero-order valence-electron chi connectivity index (χ0n) is 16.4. The van der Waals surface area contributed by atoms with Crippen LogP contribution in [0, 0.1) is 0 Å². The zero-order chi connectivity index (χ0) is 20.5. The number of aromatic nitrogens is 2. The molecule has 0 spiro atoms. The Hall–Kier alpha value is -4.05. The van der Waals surface area contributed by atoms with Gasteiger partial charge in [-0.1, -0.05) is 66.7 Å². The number of hydrogen-bond donors (Lipinski definition) is 0. The first-order chi connectivity index (χ1) is 14.7. The molecule has 5 aromatic rings. The van der Waals surface area contributed by atoms with Crippen molar-refractivity contribution >= 4 is 27.8 Å². The molecule has 0 fully saturated rings. The van der Waals surface area contributed by atoms with Crippen molar-refractivity contribution in [2.75, 3.05) is 7.11 Å². The van der Waals surface area contributed by atoms with Crippen molar-refractivity contribution in [3.05, 3.63) is 96.6 Å². The van der Waals surface area contributed by atoms with E-state index in [1.54, 1.807) is 12.1 Å². The van der Waals surface area contributed by atoms with Crippen molar-refractivity contribution in [1.29, 1.82) is 0 Å². The molecule has 1 aromatic heterocycles. The summed E-state index contributed by atoms with van der Waals surface area (Å²) < 4.78 is 4.85. The van der Waals surface area contributed by atoms with Gasteiger partial charge in [-0.3, -0.25) is 0 Å². The van der Waals surface area contributed by atoms with Crippen LogP contribution in [0.3, 0.4) is 0 Å². The molecule has 144 valence electrons. The van der Waals surface area contributed by atoms with Crippen LogP contribution in [-0.4, -0.2) is 23.0 Å². The molecule has 0 aliphatic carbocycles.